The van der Waals surface area contributed by atoms with Crippen molar-refractivity contribution in [3.05, 3.63) is 6.92 Å². The highest BCUT2D eigenvalue weighted by Gasteiger charge is 2.08. The van der Waals surface area contributed by atoms with E-state index in [0.29, 0.717) is 12.5 Å². The van der Waals surface area contributed by atoms with E-state index in [0.717, 1.165) is 17.4 Å². The third-order valence-corrected chi connectivity index (χ3v) is 1.64. The highest BCUT2D eigenvalue weighted by atomic mass is 35.5. The van der Waals surface area contributed by atoms with Gasteiger partial charge in [0.15, 0.2) is 0 Å². The van der Waals surface area contributed by atoms with Crippen LogP contribution in [0.5, 0.6) is 0 Å². The smallest absolute Gasteiger partial charge is 0.0801 e. The standard InChI is InChI=1S/C10H21N2.2ClH/c1-6-8-11-10(2)7-9-12(3,4)5;;/h10H,1,6-7,9H2,2-5H3;2*1H/q+1;;/p-1. The van der Waals surface area contributed by atoms with E-state index in [-0.39, 0.29) is 24.8 Å². The molecule has 0 aliphatic rings. The van der Waals surface area contributed by atoms with Crippen LogP contribution in [0.2, 0.25) is 0 Å². The van der Waals surface area contributed by atoms with Gasteiger partial charge in [-0.2, -0.15) is 0 Å². The second-order valence-corrected chi connectivity index (χ2v) is 4.19. The summed E-state index contributed by atoms with van der Waals surface area (Å²) in [5.74, 6) is 0. The van der Waals surface area contributed by atoms with E-state index in [4.69, 9.17) is 0 Å². The minimum Gasteiger partial charge on any atom is -1.00 e. The van der Waals surface area contributed by atoms with Gasteiger partial charge in [-0.3, -0.25) is 4.99 Å². The van der Waals surface area contributed by atoms with E-state index >= 15 is 0 Å². The van der Waals surface area contributed by atoms with Gasteiger partial charge >= 0.3 is 0 Å². The second kappa shape index (κ2) is 9.75. The molecule has 0 aliphatic carbocycles. The lowest BCUT2D eigenvalue weighted by atomic mass is 10.2. The molecule has 0 aromatic heterocycles. The van der Waals surface area contributed by atoms with Gasteiger partial charge in [0.2, 0.25) is 0 Å². The van der Waals surface area contributed by atoms with Gasteiger partial charge in [0.1, 0.15) is 0 Å². The summed E-state index contributed by atoms with van der Waals surface area (Å²) in [6.45, 7) is 6.94. The zero-order valence-electron chi connectivity index (χ0n) is 9.59. The third kappa shape index (κ3) is 14.7. The first-order valence-corrected chi connectivity index (χ1v) is 4.48. The van der Waals surface area contributed by atoms with Gasteiger partial charge in [-0.25, -0.2) is 0 Å². The normalized spacial score (nSPS) is 13.2. The van der Waals surface area contributed by atoms with Crippen LogP contribution in [0.3, 0.4) is 0 Å². The molecule has 0 rings (SSSR count). The Morgan fingerprint density at radius 3 is 2.21 bits per heavy atom. The molecule has 0 saturated carbocycles. The Morgan fingerprint density at radius 2 is 1.86 bits per heavy atom. The van der Waals surface area contributed by atoms with Crippen LogP contribution in [-0.4, -0.2) is 44.4 Å². The molecule has 1 atom stereocenters. The molecule has 0 N–H and O–H groups in total. The first-order valence-electron chi connectivity index (χ1n) is 4.48. The van der Waals surface area contributed by atoms with E-state index in [1.165, 1.54) is 0 Å². The summed E-state index contributed by atoms with van der Waals surface area (Å²) in [6, 6.07) is 0.393. The van der Waals surface area contributed by atoms with Crippen molar-refractivity contribution in [2.75, 3.05) is 27.7 Å². The minimum atomic E-state index is 0. The molecule has 14 heavy (non-hydrogen) atoms. The molecule has 0 fully saturated rings. The predicted molar refractivity (Wildman–Crippen MR) is 61.6 cm³/mol. The van der Waals surface area contributed by atoms with Crippen LogP contribution in [0, 0.1) is 6.92 Å². The topological polar surface area (TPSA) is 12.4 Å². The van der Waals surface area contributed by atoms with E-state index < -0.39 is 0 Å². The zero-order valence-corrected chi connectivity index (χ0v) is 11.2. The fourth-order valence-corrected chi connectivity index (χ4v) is 0.859. The maximum absolute atomic E-state index is 4.22. The highest BCUT2D eigenvalue weighted by Crippen LogP contribution is 2.01. The van der Waals surface area contributed by atoms with Crippen molar-refractivity contribution in [3.8, 4) is 0 Å². The fourth-order valence-electron chi connectivity index (χ4n) is 0.859. The van der Waals surface area contributed by atoms with Crippen molar-refractivity contribution in [2.45, 2.75) is 25.8 Å². The maximum atomic E-state index is 4.22. The van der Waals surface area contributed by atoms with Gasteiger partial charge in [-0.05, 0) is 20.3 Å². The van der Waals surface area contributed by atoms with Crippen molar-refractivity contribution in [2.24, 2.45) is 4.99 Å². The molecule has 0 amide bonds. The molecular formula is C10H22Cl2N2. The lowest BCUT2D eigenvalue weighted by Gasteiger charge is -2.24. The Hall–Kier alpha value is 0.210. The molecule has 86 valence electrons. The monoisotopic (exact) mass is 240 g/mol. The number of rotatable bonds is 5. The molecule has 0 aromatic rings. The van der Waals surface area contributed by atoms with Gasteiger partial charge in [0.25, 0.3) is 0 Å². The summed E-state index contributed by atoms with van der Waals surface area (Å²) in [4.78, 5) is 4.22. The van der Waals surface area contributed by atoms with Crippen LogP contribution in [0.15, 0.2) is 4.99 Å². The maximum Gasteiger partial charge on any atom is 0.0801 e. The molecule has 1 unspecified atom stereocenters. The van der Waals surface area contributed by atoms with E-state index in [9.17, 15) is 0 Å². The van der Waals surface area contributed by atoms with Crippen LogP contribution in [0.4, 0.5) is 0 Å². The first kappa shape index (κ1) is 19.7. The number of quaternary nitrogens is 1. The molecule has 0 bridgehead atoms. The summed E-state index contributed by atoms with van der Waals surface area (Å²) in [6.07, 6.45) is 4.69. The molecular weight excluding hydrogens is 219 g/mol. The molecule has 0 spiro atoms. The molecule has 0 saturated heterocycles. The van der Waals surface area contributed by atoms with Gasteiger partial charge < -0.3 is 16.9 Å². The molecule has 2 nitrogen and oxygen atoms in total. The Morgan fingerprint density at radius 1 is 1.36 bits per heavy atom. The largest absolute Gasteiger partial charge is 1.00 e. The van der Waals surface area contributed by atoms with Crippen LogP contribution in [0.25, 0.3) is 0 Å². The van der Waals surface area contributed by atoms with Crippen LogP contribution in [-0.2, 0) is 0 Å². The van der Waals surface area contributed by atoms with Gasteiger partial charge in [0, 0.05) is 6.42 Å². The number of halogens is 2. The summed E-state index contributed by atoms with van der Waals surface area (Å²) < 4.78 is 1.00. The second-order valence-electron chi connectivity index (χ2n) is 4.19. The fraction of sp³-hybridized carbons (Fsp3) is 0.800. The highest BCUT2D eigenvalue weighted by molar-refractivity contribution is 5.85. The molecule has 4 heteroatoms. The van der Waals surface area contributed by atoms with Crippen LogP contribution >= 0.6 is 12.4 Å². The predicted octanol–water partition coefficient (Wildman–Crippen LogP) is -0.931. The number of aliphatic imine (C=N–C) groups is 1. The van der Waals surface area contributed by atoms with E-state index in [1.807, 2.05) is 0 Å². The van der Waals surface area contributed by atoms with Crippen molar-refractivity contribution in [1.29, 1.82) is 0 Å². The minimum absolute atomic E-state index is 0. The Labute approximate surface area is 101 Å². The summed E-state index contributed by atoms with van der Waals surface area (Å²) in [5.41, 5.74) is 0. The van der Waals surface area contributed by atoms with Crippen molar-refractivity contribution in [1.82, 2.24) is 0 Å². The third-order valence-electron chi connectivity index (χ3n) is 1.64. The van der Waals surface area contributed by atoms with E-state index in [1.54, 1.807) is 0 Å². The molecule has 0 aliphatic heterocycles. The Kier molecular flexibility index (Phi) is 13.7. The first-order chi connectivity index (χ1) is 5.45. The summed E-state index contributed by atoms with van der Waals surface area (Å²) >= 11 is 0. The quantitative estimate of drug-likeness (QED) is 0.435. The Balaban J connectivity index is -0.000000605. The van der Waals surface area contributed by atoms with Crippen molar-refractivity contribution < 1.29 is 16.9 Å². The molecule has 0 heterocycles. The number of hydrogen-bond acceptors (Lipinski definition) is 1. The van der Waals surface area contributed by atoms with Crippen LogP contribution in [0.1, 0.15) is 19.8 Å². The average Bonchev–Trinajstić information content (AvgIpc) is 1.95. The van der Waals surface area contributed by atoms with E-state index in [2.05, 4.69) is 46.2 Å². The summed E-state index contributed by atoms with van der Waals surface area (Å²) in [7, 11) is 6.59. The SMILES string of the molecule is Cl.[CH2]C/[C]=N/C(C)CC[N+](C)(C)C.[Cl-]. The van der Waals surface area contributed by atoms with Gasteiger partial charge in [0.05, 0.1) is 39.9 Å². The van der Waals surface area contributed by atoms with Crippen LogP contribution < -0.4 is 12.4 Å². The molecule has 2 radical (unpaired) electrons. The molecule has 0 aromatic carbocycles. The lowest BCUT2D eigenvalue weighted by molar-refractivity contribution is -0.870. The van der Waals surface area contributed by atoms with Crippen molar-refractivity contribution >= 4 is 18.6 Å². The Bertz CT molecular complexity index is 142. The number of hydrogen-bond donors (Lipinski definition) is 0. The zero-order chi connectivity index (χ0) is 9.61. The lowest BCUT2D eigenvalue weighted by Crippen LogP contribution is -3.00. The van der Waals surface area contributed by atoms with Gasteiger partial charge in [-0.15, -0.1) is 12.4 Å². The summed E-state index contributed by atoms with van der Waals surface area (Å²) in [5, 5.41) is 0. The van der Waals surface area contributed by atoms with Gasteiger partial charge in [-0.1, -0.05) is 0 Å². The van der Waals surface area contributed by atoms with Crippen molar-refractivity contribution in [3.63, 3.8) is 0 Å². The average molecular weight is 241 g/mol. The number of nitrogens with zero attached hydrogens (tertiary/aromatic N) is 2.